The molecule has 4 nitrogen and oxygen atoms in total. The molecular weight excluding hydrogens is 262 g/mol. The number of halogens is 1. The molecule has 5 heteroatoms. The minimum Gasteiger partial charge on any atom is -0.387 e. The molecule has 0 atom stereocenters. The molecule has 1 aromatic carbocycles. The number of carbonyl (C=O) groups is 1. The third kappa shape index (κ3) is 3.03. The number of hydrogen-bond acceptors (Lipinski definition) is 3. The second-order valence-corrected chi connectivity index (χ2v) is 4.52. The predicted octanol–water partition coefficient (Wildman–Crippen LogP) is 3.34. The van der Waals surface area contributed by atoms with E-state index in [0.29, 0.717) is 16.3 Å². The van der Waals surface area contributed by atoms with Crippen molar-refractivity contribution in [3.8, 4) is 0 Å². The first-order valence-corrected chi connectivity index (χ1v) is 6.19. The number of aromatic nitrogens is 1. The summed E-state index contributed by atoms with van der Waals surface area (Å²) in [6.07, 6.45) is 3.16. The van der Waals surface area contributed by atoms with Gasteiger partial charge in [0.15, 0.2) is 0 Å². The van der Waals surface area contributed by atoms with Crippen molar-refractivity contribution >= 4 is 28.9 Å². The van der Waals surface area contributed by atoms with Crippen LogP contribution in [0.2, 0.25) is 5.02 Å². The number of nitrogens with zero attached hydrogens (tertiary/aromatic N) is 1. The van der Waals surface area contributed by atoms with Crippen molar-refractivity contribution in [3.05, 3.63) is 52.8 Å². The van der Waals surface area contributed by atoms with Crippen LogP contribution in [-0.4, -0.2) is 17.9 Å². The molecule has 0 unspecified atom stereocenters. The summed E-state index contributed by atoms with van der Waals surface area (Å²) in [5.74, 6) is -0.220. The van der Waals surface area contributed by atoms with Gasteiger partial charge < -0.3 is 10.6 Å². The van der Waals surface area contributed by atoms with E-state index in [1.807, 2.05) is 13.0 Å². The largest absolute Gasteiger partial charge is 0.387 e. The molecule has 1 aromatic heterocycles. The number of amides is 1. The Morgan fingerprint density at radius 1 is 1.26 bits per heavy atom. The van der Waals surface area contributed by atoms with Crippen LogP contribution >= 0.6 is 11.6 Å². The van der Waals surface area contributed by atoms with Crippen LogP contribution in [0.1, 0.15) is 15.9 Å². The molecule has 98 valence electrons. The number of benzene rings is 1. The topological polar surface area (TPSA) is 54.0 Å². The highest BCUT2D eigenvalue weighted by molar-refractivity contribution is 6.31. The van der Waals surface area contributed by atoms with Gasteiger partial charge in [-0.15, -0.1) is 0 Å². The highest BCUT2D eigenvalue weighted by Gasteiger charge is 2.12. The highest BCUT2D eigenvalue weighted by atomic mass is 35.5. The molecule has 2 N–H and O–H groups in total. The summed E-state index contributed by atoms with van der Waals surface area (Å²) in [5, 5.41) is 6.38. The standard InChI is InChI=1S/C14H14ClN3O/c1-9-3-4-10(15)7-13(9)18-14(19)11-8-17-6-5-12(11)16-2/h3-8H,1-2H3,(H,16,17)(H,18,19). The SMILES string of the molecule is CNc1ccncc1C(=O)Nc1cc(Cl)ccc1C. The molecule has 0 fully saturated rings. The summed E-state index contributed by atoms with van der Waals surface area (Å²) in [4.78, 5) is 16.2. The van der Waals surface area contributed by atoms with E-state index in [4.69, 9.17) is 11.6 Å². The summed E-state index contributed by atoms with van der Waals surface area (Å²) in [6.45, 7) is 1.91. The summed E-state index contributed by atoms with van der Waals surface area (Å²) in [6, 6.07) is 7.12. The number of aryl methyl sites for hydroxylation is 1. The lowest BCUT2D eigenvalue weighted by atomic mass is 10.1. The van der Waals surface area contributed by atoms with E-state index in [-0.39, 0.29) is 5.91 Å². The van der Waals surface area contributed by atoms with Crippen LogP contribution in [0.5, 0.6) is 0 Å². The van der Waals surface area contributed by atoms with Gasteiger partial charge in [0.05, 0.1) is 5.56 Å². The van der Waals surface area contributed by atoms with Crippen LogP contribution in [0.25, 0.3) is 0 Å². The van der Waals surface area contributed by atoms with Crippen molar-refractivity contribution in [2.45, 2.75) is 6.92 Å². The number of carbonyl (C=O) groups excluding carboxylic acids is 1. The van der Waals surface area contributed by atoms with Gasteiger partial charge in [0, 0.05) is 35.8 Å². The Morgan fingerprint density at radius 3 is 2.79 bits per heavy atom. The zero-order chi connectivity index (χ0) is 13.8. The third-order valence-corrected chi connectivity index (χ3v) is 3.02. The predicted molar refractivity (Wildman–Crippen MR) is 77.9 cm³/mol. The smallest absolute Gasteiger partial charge is 0.259 e. The van der Waals surface area contributed by atoms with E-state index in [9.17, 15) is 4.79 Å². The maximum atomic E-state index is 12.2. The van der Waals surface area contributed by atoms with E-state index >= 15 is 0 Å². The first kappa shape index (κ1) is 13.4. The fourth-order valence-electron chi connectivity index (χ4n) is 1.71. The summed E-state index contributed by atoms with van der Waals surface area (Å²) in [5.41, 5.74) is 2.87. The molecule has 0 saturated heterocycles. The van der Waals surface area contributed by atoms with Crippen LogP contribution < -0.4 is 10.6 Å². The molecule has 0 saturated carbocycles. The normalized spacial score (nSPS) is 10.1. The molecule has 1 amide bonds. The van der Waals surface area contributed by atoms with E-state index in [0.717, 1.165) is 11.3 Å². The maximum absolute atomic E-state index is 12.2. The van der Waals surface area contributed by atoms with Gasteiger partial charge in [0.25, 0.3) is 5.91 Å². The van der Waals surface area contributed by atoms with Crippen molar-refractivity contribution in [3.63, 3.8) is 0 Å². The van der Waals surface area contributed by atoms with Crippen molar-refractivity contribution < 1.29 is 4.79 Å². The average molecular weight is 276 g/mol. The molecular formula is C14H14ClN3O. The average Bonchev–Trinajstić information content (AvgIpc) is 2.42. The Bertz CT molecular complexity index is 613. The summed E-state index contributed by atoms with van der Waals surface area (Å²) < 4.78 is 0. The van der Waals surface area contributed by atoms with Gasteiger partial charge in [-0.2, -0.15) is 0 Å². The second-order valence-electron chi connectivity index (χ2n) is 4.08. The Labute approximate surface area is 116 Å². The monoisotopic (exact) mass is 275 g/mol. The maximum Gasteiger partial charge on any atom is 0.259 e. The number of rotatable bonds is 3. The third-order valence-electron chi connectivity index (χ3n) is 2.78. The fraction of sp³-hybridized carbons (Fsp3) is 0.143. The molecule has 2 rings (SSSR count). The fourth-order valence-corrected chi connectivity index (χ4v) is 1.88. The van der Waals surface area contributed by atoms with Crippen molar-refractivity contribution in [1.29, 1.82) is 0 Å². The minimum atomic E-state index is -0.220. The second kappa shape index (κ2) is 5.71. The van der Waals surface area contributed by atoms with Gasteiger partial charge in [-0.05, 0) is 30.7 Å². The number of anilines is 2. The van der Waals surface area contributed by atoms with Crippen LogP contribution in [-0.2, 0) is 0 Å². The summed E-state index contributed by atoms with van der Waals surface area (Å²) >= 11 is 5.93. The van der Waals surface area contributed by atoms with Crippen LogP contribution in [0.15, 0.2) is 36.7 Å². The molecule has 0 aliphatic carbocycles. The van der Waals surface area contributed by atoms with Gasteiger partial charge in [-0.3, -0.25) is 9.78 Å². The van der Waals surface area contributed by atoms with E-state index < -0.39 is 0 Å². The minimum absolute atomic E-state index is 0.220. The Morgan fingerprint density at radius 2 is 2.05 bits per heavy atom. The van der Waals surface area contributed by atoms with E-state index in [1.165, 1.54) is 6.20 Å². The lowest BCUT2D eigenvalue weighted by molar-refractivity contribution is 0.102. The molecule has 0 spiro atoms. The van der Waals surface area contributed by atoms with Gasteiger partial charge in [0.2, 0.25) is 0 Å². The Balaban J connectivity index is 2.28. The van der Waals surface area contributed by atoms with Crippen LogP contribution in [0.4, 0.5) is 11.4 Å². The van der Waals surface area contributed by atoms with Gasteiger partial charge >= 0.3 is 0 Å². The molecule has 1 heterocycles. The molecule has 0 radical (unpaired) electrons. The number of nitrogens with one attached hydrogen (secondary N) is 2. The Hall–Kier alpha value is -2.07. The summed E-state index contributed by atoms with van der Waals surface area (Å²) in [7, 11) is 1.76. The van der Waals surface area contributed by atoms with Gasteiger partial charge in [-0.25, -0.2) is 0 Å². The lowest BCUT2D eigenvalue weighted by Crippen LogP contribution is -2.15. The molecule has 0 aliphatic heterocycles. The Kier molecular flexibility index (Phi) is 4.02. The zero-order valence-electron chi connectivity index (χ0n) is 10.7. The van der Waals surface area contributed by atoms with Crippen LogP contribution in [0.3, 0.4) is 0 Å². The number of pyridine rings is 1. The highest BCUT2D eigenvalue weighted by Crippen LogP contribution is 2.22. The molecule has 19 heavy (non-hydrogen) atoms. The van der Waals surface area contributed by atoms with Gasteiger partial charge in [0.1, 0.15) is 0 Å². The quantitative estimate of drug-likeness (QED) is 0.903. The van der Waals surface area contributed by atoms with Crippen LogP contribution in [0, 0.1) is 6.92 Å². The van der Waals surface area contributed by atoms with Gasteiger partial charge in [-0.1, -0.05) is 17.7 Å². The number of hydrogen-bond donors (Lipinski definition) is 2. The van der Waals surface area contributed by atoms with E-state index in [2.05, 4.69) is 15.6 Å². The first-order valence-electron chi connectivity index (χ1n) is 5.81. The zero-order valence-corrected chi connectivity index (χ0v) is 11.5. The molecule has 2 aromatic rings. The first-order chi connectivity index (χ1) is 9.11. The molecule has 0 bridgehead atoms. The molecule has 0 aliphatic rings. The van der Waals surface area contributed by atoms with E-state index in [1.54, 1.807) is 31.4 Å². The lowest BCUT2D eigenvalue weighted by Gasteiger charge is -2.11. The van der Waals surface area contributed by atoms with Crippen molar-refractivity contribution in [2.75, 3.05) is 17.7 Å². The van der Waals surface area contributed by atoms with Crippen molar-refractivity contribution in [1.82, 2.24) is 4.98 Å². The van der Waals surface area contributed by atoms with Crippen molar-refractivity contribution in [2.24, 2.45) is 0 Å².